The van der Waals surface area contributed by atoms with E-state index >= 15 is 0 Å². The summed E-state index contributed by atoms with van der Waals surface area (Å²) in [7, 11) is 0. The summed E-state index contributed by atoms with van der Waals surface area (Å²) >= 11 is 4.37. The second-order valence-corrected chi connectivity index (χ2v) is 6.82. The largest absolute Gasteiger partial charge is 0.481 e. The molecule has 1 amide bonds. The number of carbonyl (C=O) groups is 2. The van der Waals surface area contributed by atoms with E-state index in [0.717, 1.165) is 17.7 Å². The zero-order chi connectivity index (χ0) is 16.9. The minimum absolute atomic E-state index is 0.220. The Morgan fingerprint density at radius 1 is 1.45 bits per heavy atom. The lowest BCUT2D eigenvalue weighted by Crippen LogP contribution is -2.35. The van der Waals surface area contributed by atoms with E-state index in [2.05, 4.69) is 22.9 Å². The third-order valence-corrected chi connectivity index (χ3v) is 3.68. The average molecular weight is 328 g/mol. The lowest BCUT2D eigenvalue weighted by molar-refractivity contribution is -0.140. The Bertz CT molecular complexity index is 506. The SMILES string of the molecule is CC(=NCC1=C(S)CCCC1C(=O)O)NC(=O)OC(C)(C)C. The van der Waals surface area contributed by atoms with Crippen LogP contribution in [0, 0.1) is 5.92 Å². The molecule has 1 rings (SSSR count). The van der Waals surface area contributed by atoms with Gasteiger partial charge in [0.15, 0.2) is 0 Å². The number of aliphatic imine (C=N–C) groups is 1. The lowest BCUT2D eigenvalue weighted by atomic mass is 9.87. The summed E-state index contributed by atoms with van der Waals surface area (Å²) in [6.07, 6.45) is 1.62. The molecule has 1 aliphatic rings. The number of allylic oxidation sites excluding steroid dienone is 1. The molecule has 0 fully saturated rings. The number of alkyl carbamates (subject to hydrolysis) is 1. The Labute approximate surface area is 136 Å². The Kier molecular flexibility index (Phi) is 6.47. The van der Waals surface area contributed by atoms with Crippen molar-refractivity contribution in [3.05, 3.63) is 10.5 Å². The van der Waals surface area contributed by atoms with Gasteiger partial charge in [-0.2, -0.15) is 0 Å². The number of rotatable bonds is 3. The summed E-state index contributed by atoms with van der Waals surface area (Å²) in [4.78, 5) is 27.9. The van der Waals surface area contributed by atoms with E-state index in [0.29, 0.717) is 17.8 Å². The number of ether oxygens (including phenoxy) is 1. The summed E-state index contributed by atoms with van der Waals surface area (Å²) in [5.41, 5.74) is 0.135. The predicted octanol–water partition coefficient (Wildman–Crippen LogP) is 3.00. The van der Waals surface area contributed by atoms with Gasteiger partial charge in [0, 0.05) is 0 Å². The number of aliphatic carboxylic acids is 1. The van der Waals surface area contributed by atoms with Gasteiger partial charge in [-0.1, -0.05) is 0 Å². The summed E-state index contributed by atoms with van der Waals surface area (Å²) in [6.45, 7) is 7.18. The first-order chi connectivity index (χ1) is 10.1. The van der Waals surface area contributed by atoms with Crippen molar-refractivity contribution in [1.82, 2.24) is 5.32 Å². The van der Waals surface area contributed by atoms with Crippen molar-refractivity contribution in [2.75, 3.05) is 6.54 Å². The maximum Gasteiger partial charge on any atom is 0.413 e. The highest BCUT2D eigenvalue weighted by Crippen LogP contribution is 2.32. The molecular formula is C15H24N2O4S. The molecule has 0 aliphatic heterocycles. The van der Waals surface area contributed by atoms with Crippen LogP contribution in [0.1, 0.15) is 47.0 Å². The highest BCUT2D eigenvalue weighted by atomic mass is 32.1. The molecule has 0 bridgehead atoms. The van der Waals surface area contributed by atoms with Crippen molar-refractivity contribution in [3.63, 3.8) is 0 Å². The second kappa shape index (κ2) is 7.67. The van der Waals surface area contributed by atoms with Gasteiger partial charge in [-0.05, 0) is 57.4 Å². The van der Waals surface area contributed by atoms with Crippen LogP contribution in [0.25, 0.3) is 0 Å². The topological polar surface area (TPSA) is 88.0 Å². The van der Waals surface area contributed by atoms with Crippen LogP contribution in [0.4, 0.5) is 4.79 Å². The van der Waals surface area contributed by atoms with E-state index in [1.165, 1.54) is 0 Å². The third-order valence-electron chi connectivity index (χ3n) is 3.16. The molecule has 0 aromatic carbocycles. The molecule has 6 nitrogen and oxygen atoms in total. The molecule has 0 aromatic heterocycles. The Balaban J connectivity index is 2.69. The fourth-order valence-electron chi connectivity index (χ4n) is 2.18. The molecule has 124 valence electrons. The number of hydrogen-bond acceptors (Lipinski definition) is 5. The summed E-state index contributed by atoms with van der Waals surface area (Å²) in [6, 6.07) is 0. The molecule has 1 atom stereocenters. The van der Waals surface area contributed by atoms with E-state index in [-0.39, 0.29) is 6.54 Å². The van der Waals surface area contributed by atoms with E-state index in [9.17, 15) is 14.7 Å². The molecule has 1 aliphatic carbocycles. The average Bonchev–Trinajstić information content (AvgIpc) is 2.34. The number of carbonyl (C=O) groups excluding carboxylic acids is 1. The highest BCUT2D eigenvalue weighted by molar-refractivity contribution is 7.84. The zero-order valence-electron chi connectivity index (χ0n) is 13.5. The molecule has 22 heavy (non-hydrogen) atoms. The van der Waals surface area contributed by atoms with Crippen molar-refractivity contribution < 1.29 is 19.4 Å². The second-order valence-electron chi connectivity index (χ2n) is 6.28. The van der Waals surface area contributed by atoms with E-state index < -0.39 is 23.6 Å². The maximum atomic E-state index is 11.6. The molecule has 0 aromatic rings. The molecule has 0 saturated carbocycles. The number of hydrogen-bond donors (Lipinski definition) is 3. The van der Waals surface area contributed by atoms with E-state index in [4.69, 9.17) is 4.74 Å². The van der Waals surface area contributed by atoms with Crippen molar-refractivity contribution >= 4 is 30.5 Å². The Morgan fingerprint density at radius 3 is 2.64 bits per heavy atom. The quantitative estimate of drug-likeness (QED) is 0.422. The molecule has 7 heteroatoms. The molecule has 0 heterocycles. The third kappa shape index (κ3) is 6.09. The lowest BCUT2D eigenvalue weighted by Gasteiger charge is -2.23. The first-order valence-electron chi connectivity index (χ1n) is 7.25. The van der Waals surface area contributed by atoms with Gasteiger partial charge >= 0.3 is 12.1 Å². The highest BCUT2D eigenvalue weighted by Gasteiger charge is 2.27. The van der Waals surface area contributed by atoms with Gasteiger partial charge in [0.1, 0.15) is 11.4 Å². The molecule has 0 radical (unpaired) electrons. The summed E-state index contributed by atoms with van der Waals surface area (Å²) in [5, 5.41) is 11.8. The number of amides is 1. The number of nitrogens with one attached hydrogen (secondary N) is 1. The number of carboxylic acid groups (broad SMARTS) is 1. The monoisotopic (exact) mass is 328 g/mol. The van der Waals surface area contributed by atoms with Gasteiger partial charge < -0.3 is 9.84 Å². The smallest absolute Gasteiger partial charge is 0.413 e. The fraction of sp³-hybridized carbons (Fsp3) is 0.667. The van der Waals surface area contributed by atoms with Gasteiger partial charge in [-0.25, -0.2) is 4.79 Å². The Morgan fingerprint density at radius 2 is 2.09 bits per heavy atom. The van der Waals surface area contributed by atoms with Crippen molar-refractivity contribution in [2.45, 2.75) is 52.6 Å². The van der Waals surface area contributed by atoms with Gasteiger partial charge in [0.25, 0.3) is 0 Å². The first kappa shape index (κ1) is 18.5. The maximum absolute atomic E-state index is 11.6. The zero-order valence-corrected chi connectivity index (χ0v) is 14.4. The fourth-order valence-corrected chi connectivity index (χ4v) is 2.56. The van der Waals surface area contributed by atoms with Crippen molar-refractivity contribution in [1.29, 1.82) is 0 Å². The van der Waals surface area contributed by atoms with Crippen molar-refractivity contribution in [2.24, 2.45) is 10.9 Å². The van der Waals surface area contributed by atoms with Crippen LogP contribution in [0.3, 0.4) is 0 Å². The molecular weight excluding hydrogens is 304 g/mol. The molecule has 0 spiro atoms. The normalized spacial score (nSPS) is 19.9. The summed E-state index contributed by atoms with van der Waals surface area (Å²) < 4.78 is 5.13. The number of thiol groups is 1. The number of amidine groups is 1. The minimum atomic E-state index is -0.853. The Hall–Kier alpha value is -1.50. The van der Waals surface area contributed by atoms with Crippen LogP contribution >= 0.6 is 12.6 Å². The van der Waals surface area contributed by atoms with Gasteiger partial charge in [0.2, 0.25) is 0 Å². The number of nitrogens with zero attached hydrogens (tertiary/aromatic N) is 1. The predicted molar refractivity (Wildman–Crippen MR) is 88.3 cm³/mol. The van der Waals surface area contributed by atoms with Gasteiger partial charge in [-0.15, -0.1) is 12.6 Å². The summed E-state index contributed by atoms with van der Waals surface area (Å²) in [5.74, 6) is -1.01. The molecule has 1 unspecified atom stereocenters. The van der Waals surface area contributed by atoms with Crippen LogP contribution in [-0.4, -0.2) is 35.2 Å². The van der Waals surface area contributed by atoms with Gasteiger partial charge in [-0.3, -0.25) is 15.1 Å². The molecule has 0 saturated heterocycles. The van der Waals surface area contributed by atoms with E-state index in [1.54, 1.807) is 27.7 Å². The van der Waals surface area contributed by atoms with E-state index in [1.807, 2.05) is 0 Å². The standard InChI is InChI=1S/C15H24N2O4S/c1-9(17-14(20)21-15(2,3)4)16-8-11-10(13(18)19)6-5-7-12(11)22/h10,22H,5-8H2,1-4H3,(H,18,19)(H,16,17,20). The van der Waals surface area contributed by atoms with Gasteiger partial charge in [0.05, 0.1) is 12.5 Å². The van der Waals surface area contributed by atoms with Crippen LogP contribution in [0.5, 0.6) is 0 Å². The first-order valence-corrected chi connectivity index (χ1v) is 7.69. The minimum Gasteiger partial charge on any atom is -0.481 e. The van der Waals surface area contributed by atoms with Crippen molar-refractivity contribution in [3.8, 4) is 0 Å². The van der Waals surface area contributed by atoms with Crippen LogP contribution in [0.2, 0.25) is 0 Å². The van der Waals surface area contributed by atoms with Crippen LogP contribution < -0.4 is 5.32 Å². The number of carboxylic acids is 1. The molecule has 2 N–H and O–H groups in total. The van der Waals surface area contributed by atoms with Crippen LogP contribution in [-0.2, 0) is 9.53 Å². The van der Waals surface area contributed by atoms with Crippen LogP contribution in [0.15, 0.2) is 15.5 Å².